The van der Waals surface area contributed by atoms with Crippen molar-refractivity contribution in [1.29, 1.82) is 0 Å². The summed E-state index contributed by atoms with van der Waals surface area (Å²) in [4.78, 5) is 11.0. The molecule has 0 aromatic rings. The first-order valence-electron chi connectivity index (χ1n) is 5.60. The number of carbonyl (C=O) groups is 1. The van der Waals surface area contributed by atoms with Crippen LogP contribution < -0.4 is 0 Å². The molecule has 0 aromatic heterocycles. The summed E-state index contributed by atoms with van der Waals surface area (Å²) in [5.74, 6) is -0.116. The average Bonchev–Trinajstić information content (AvgIpc) is 2.17. The Morgan fingerprint density at radius 1 is 1.25 bits per heavy atom. The van der Waals surface area contributed by atoms with E-state index in [-0.39, 0.29) is 12.2 Å². The molecule has 0 radical (unpaired) electrons. The maximum Gasteiger partial charge on any atom is 0.316 e. The summed E-state index contributed by atoms with van der Waals surface area (Å²) >= 11 is 1.38. The number of carboxylic acid groups (broad SMARTS) is 1. The SMILES string of the molecule is CCOC(CSC(C(=O)O)C(C)C)OCC. The van der Waals surface area contributed by atoms with E-state index in [1.54, 1.807) is 0 Å². The molecule has 4 nitrogen and oxygen atoms in total. The molecule has 0 amide bonds. The maximum atomic E-state index is 11.0. The first-order chi connectivity index (χ1) is 7.52. The normalized spacial score (nSPS) is 13.4. The van der Waals surface area contributed by atoms with Gasteiger partial charge in [0.2, 0.25) is 0 Å². The van der Waals surface area contributed by atoms with Gasteiger partial charge in [-0.05, 0) is 19.8 Å². The van der Waals surface area contributed by atoms with Gasteiger partial charge in [0.05, 0.1) is 0 Å². The number of hydrogen-bond acceptors (Lipinski definition) is 4. The van der Waals surface area contributed by atoms with Gasteiger partial charge in [0.15, 0.2) is 6.29 Å². The van der Waals surface area contributed by atoms with Gasteiger partial charge in [0.1, 0.15) is 5.25 Å². The number of rotatable bonds is 9. The molecule has 0 rings (SSSR count). The Kier molecular flexibility index (Phi) is 8.70. The fourth-order valence-corrected chi connectivity index (χ4v) is 2.33. The van der Waals surface area contributed by atoms with Crippen LogP contribution in [0.3, 0.4) is 0 Å². The van der Waals surface area contributed by atoms with Crippen LogP contribution in [0.5, 0.6) is 0 Å². The fourth-order valence-electron chi connectivity index (χ4n) is 1.25. The Bertz CT molecular complexity index is 190. The van der Waals surface area contributed by atoms with Gasteiger partial charge in [-0.1, -0.05) is 13.8 Å². The third-order valence-corrected chi connectivity index (χ3v) is 3.54. The molecule has 0 saturated carbocycles. The van der Waals surface area contributed by atoms with E-state index in [0.717, 1.165) is 0 Å². The highest BCUT2D eigenvalue weighted by Crippen LogP contribution is 2.21. The van der Waals surface area contributed by atoms with E-state index in [1.807, 2.05) is 27.7 Å². The van der Waals surface area contributed by atoms with Crippen molar-refractivity contribution in [2.24, 2.45) is 5.92 Å². The number of aliphatic carboxylic acids is 1. The quantitative estimate of drug-likeness (QED) is 0.636. The molecule has 0 aliphatic heterocycles. The monoisotopic (exact) mass is 250 g/mol. The molecule has 1 N–H and O–H groups in total. The summed E-state index contributed by atoms with van der Waals surface area (Å²) in [6, 6.07) is 0. The average molecular weight is 250 g/mol. The minimum atomic E-state index is -0.772. The van der Waals surface area contributed by atoms with Crippen molar-refractivity contribution >= 4 is 17.7 Å². The first kappa shape index (κ1) is 15.7. The highest BCUT2D eigenvalue weighted by molar-refractivity contribution is 8.00. The second kappa shape index (κ2) is 8.84. The predicted octanol–water partition coefficient (Wildman–Crippen LogP) is 2.23. The van der Waals surface area contributed by atoms with Gasteiger partial charge in [0.25, 0.3) is 0 Å². The Labute approximate surface area is 102 Å². The highest BCUT2D eigenvalue weighted by Gasteiger charge is 2.23. The minimum absolute atomic E-state index is 0.103. The molecule has 0 aromatic carbocycles. The van der Waals surface area contributed by atoms with Crippen molar-refractivity contribution in [1.82, 2.24) is 0 Å². The number of carboxylic acids is 1. The highest BCUT2D eigenvalue weighted by atomic mass is 32.2. The molecule has 1 atom stereocenters. The van der Waals surface area contributed by atoms with Crippen molar-refractivity contribution in [3.8, 4) is 0 Å². The van der Waals surface area contributed by atoms with E-state index in [9.17, 15) is 4.79 Å². The van der Waals surface area contributed by atoms with E-state index in [1.165, 1.54) is 11.8 Å². The summed E-state index contributed by atoms with van der Waals surface area (Å²) in [5.41, 5.74) is 0. The Morgan fingerprint density at radius 3 is 2.06 bits per heavy atom. The van der Waals surface area contributed by atoms with Crippen LogP contribution in [0, 0.1) is 5.92 Å². The number of ether oxygens (including phenoxy) is 2. The molecule has 0 saturated heterocycles. The van der Waals surface area contributed by atoms with Gasteiger partial charge < -0.3 is 14.6 Å². The lowest BCUT2D eigenvalue weighted by Gasteiger charge is -2.20. The second-order valence-corrected chi connectivity index (χ2v) is 4.85. The van der Waals surface area contributed by atoms with Gasteiger partial charge in [-0.2, -0.15) is 0 Å². The van der Waals surface area contributed by atoms with Crippen LogP contribution in [0.15, 0.2) is 0 Å². The lowest BCUT2D eigenvalue weighted by atomic mass is 10.1. The van der Waals surface area contributed by atoms with Crippen LogP contribution >= 0.6 is 11.8 Å². The summed E-state index contributed by atoms with van der Waals surface area (Å²) < 4.78 is 10.7. The molecule has 96 valence electrons. The molecule has 1 unspecified atom stereocenters. The molecule has 16 heavy (non-hydrogen) atoms. The molecular weight excluding hydrogens is 228 g/mol. The molecule has 0 heterocycles. The van der Waals surface area contributed by atoms with Crippen LogP contribution in [0.25, 0.3) is 0 Å². The summed E-state index contributed by atoms with van der Waals surface area (Å²) in [6.45, 7) is 8.75. The van der Waals surface area contributed by atoms with Gasteiger partial charge in [0, 0.05) is 19.0 Å². The van der Waals surface area contributed by atoms with Gasteiger partial charge >= 0.3 is 5.97 Å². The fraction of sp³-hybridized carbons (Fsp3) is 0.909. The smallest absolute Gasteiger partial charge is 0.316 e. The number of hydrogen-bond donors (Lipinski definition) is 1. The summed E-state index contributed by atoms with van der Waals surface area (Å²) in [6.07, 6.45) is -0.305. The third-order valence-electron chi connectivity index (χ3n) is 1.97. The minimum Gasteiger partial charge on any atom is -0.480 e. The zero-order chi connectivity index (χ0) is 12.6. The van der Waals surface area contributed by atoms with Gasteiger partial charge in [-0.15, -0.1) is 11.8 Å². The second-order valence-electron chi connectivity index (χ2n) is 3.68. The topological polar surface area (TPSA) is 55.8 Å². The molecule has 5 heteroatoms. The summed E-state index contributed by atoms with van der Waals surface area (Å²) in [5, 5.41) is 8.61. The maximum absolute atomic E-state index is 11.0. The van der Waals surface area contributed by atoms with Crippen LogP contribution in [0.4, 0.5) is 0 Å². The van der Waals surface area contributed by atoms with Crippen molar-refractivity contribution in [3.05, 3.63) is 0 Å². The van der Waals surface area contributed by atoms with Crippen LogP contribution in [-0.2, 0) is 14.3 Å². The van der Waals surface area contributed by atoms with Crippen LogP contribution in [0.1, 0.15) is 27.7 Å². The van der Waals surface area contributed by atoms with Crippen LogP contribution in [0.2, 0.25) is 0 Å². The lowest BCUT2D eigenvalue weighted by Crippen LogP contribution is -2.27. The Hall–Kier alpha value is -0.260. The van der Waals surface area contributed by atoms with Crippen molar-refractivity contribution in [2.45, 2.75) is 39.2 Å². The zero-order valence-electron chi connectivity index (χ0n) is 10.4. The number of thioether (sulfide) groups is 1. The molecule has 0 bridgehead atoms. The van der Waals surface area contributed by atoms with E-state index in [4.69, 9.17) is 14.6 Å². The molecule has 0 aliphatic carbocycles. The third kappa shape index (κ3) is 6.35. The molecule has 0 spiro atoms. The van der Waals surface area contributed by atoms with Crippen molar-refractivity contribution in [3.63, 3.8) is 0 Å². The molecular formula is C11H22O4S. The van der Waals surface area contributed by atoms with Crippen molar-refractivity contribution < 1.29 is 19.4 Å². The summed E-state index contributed by atoms with van der Waals surface area (Å²) in [7, 11) is 0. The first-order valence-corrected chi connectivity index (χ1v) is 6.65. The molecule has 0 fully saturated rings. The van der Waals surface area contributed by atoms with Gasteiger partial charge in [-0.3, -0.25) is 4.79 Å². The predicted molar refractivity (Wildman–Crippen MR) is 65.8 cm³/mol. The Balaban J connectivity index is 4.09. The zero-order valence-corrected chi connectivity index (χ0v) is 11.3. The largest absolute Gasteiger partial charge is 0.480 e. The standard InChI is InChI=1S/C11H22O4S/c1-5-14-9(15-6-2)7-16-10(8(3)4)11(12)13/h8-10H,5-7H2,1-4H3,(H,12,13). The van der Waals surface area contributed by atoms with Crippen molar-refractivity contribution in [2.75, 3.05) is 19.0 Å². The van der Waals surface area contributed by atoms with E-state index < -0.39 is 11.2 Å². The Morgan fingerprint density at radius 2 is 1.75 bits per heavy atom. The van der Waals surface area contributed by atoms with E-state index in [0.29, 0.717) is 19.0 Å². The van der Waals surface area contributed by atoms with Crippen LogP contribution in [-0.4, -0.2) is 41.6 Å². The van der Waals surface area contributed by atoms with E-state index >= 15 is 0 Å². The van der Waals surface area contributed by atoms with E-state index in [2.05, 4.69) is 0 Å². The molecule has 0 aliphatic rings. The lowest BCUT2D eigenvalue weighted by molar-refractivity contribution is -0.137. The van der Waals surface area contributed by atoms with Gasteiger partial charge in [-0.25, -0.2) is 0 Å².